The summed E-state index contributed by atoms with van der Waals surface area (Å²) in [5.41, 5.74) is 0.837. The standard InChI is InChI=1S/C12H19NO3S/c1-12(2,3)9-7(5-14)6-17-11-8(16-4)10(15)13(9)11/h6,8-9,11,14H,5H2,1-4H3/t8-,9?,11?/m0/s1. The second-order valence-corrected chi connectivity index (χ2v) is 6.54. The number of hydrogen-bond acceptors (Lipinski definition) is 4. The van der Waals surface area contributed by atoms with Crippen LogP contribution < -0.4 is 0 Å². The van der Waals surface area contributed by atoms with E-state index in [1.54, 1.807) is 18.9 Å². The maximum atomic E-state index is 12.0. The molecular weight excluding hydrogens is 238 g/mol. The lowest BCUT2D eigenvalue weighted by atomic mass is 9.79. The zero-order valence-electron chi connectivity index (χ0n) is 10.6. The fourth-order valence-corrected chi connectivity index (χ4v) is 3.83. The number of nitrogens with zero attached hydrogens (tertiary/aromatic N) is 1. The Labute approximate surface area is 106 Å². The van der Waals surface area contributed by atoms with Gasteiger partial charge in [0.2, 0.25) is 0 Å². The molecule has 1 N–H and O–H groups in total. The van der Waals surface area contributed by atoms with Crippen LogP contribution in [0.1, 0.15) is 20.8 Å². The van der Waals surface area contributed by atoms with Crippen LogP contribution in [-0.2, 0) is 9.53 Å². The van der Waals surface area contributed by atoms with Gasteiger partial charge in [0.1, 0.15) is 5.37 Å². The van der Waals surface area contributed by atoms with Gasteiger partial charge in [0.15, 0.2) is 6.10 Å². The maximum absolute atomic E-state index is 12.0. The van der Waals surface area contributed by atoms with Crippen LogP contribution in [0.3, 0.4) is 0 Å². The highest BCUT2D eigenvalue weighted by Gasteiger charge is 2.55. The van der Waals surface area contributed by atoms with Crippen LogP contribution in [0.25, 0.3) is 0 Å². The fraction of sp³-hybridized carbons (Fsp3) is 0.750. The van der Waals surface area contributed by atoms with E-state index in [1.807, 2.05) is 10.3 Å². The monoisotopic (exact) mass is 257 g/mol. The molecule has 1 saturated heterocycles. The highest BCUT2D eigenvalue weighted by atomic mass is 32.2. The number of fused-ring (bicyclic) bond motifs is 1. The van der Waals surface area contributed by atoms with Crippen LogP contribution in [0.2, 0.25) is 0 Å². The van der Waals surface area contributed by atoms with E-state index in [1.165, 1.54) is 0 Å². The van der Waals surface area contributed by atoms with Crippen molar-refractivity contribution in [3.63, 3.8) is 0 Å². The van der Waals surface area contributed by atoms with Gasteiger partial charge in [0.05, 0.1) is 12.6 Å². The molecule has 2 aliphatic rings. The topological polar surface area (TPSA) is 49.8 Å². The van der Waals surface area contributed by atoms with E-state index in [0.29, 0.717) is 0 Å². The summed E-state index contributed by atoms with van der Waals surface area (Å²) in [6, 6.07) is -0.0300. The van der Waals surface area contributed by atoms with Gasteiger partial charge >= 0.3 is 0 Å². The van der Waals surface area contributed by atoms with E-state index in [9.17, 15) is 9.90 Å². The summed E-state index contributed by atoms with van der Waals surface area (Å²) in [7, 11) is 1.57. The van der Waals surface area contributed by atoms with Crippen LogP contribution in [0.5, 0.6) is 0 Å². The number of methoxy groups -OCH3 is 1. The molecule has 2 unspecified atom stereocenters. The number of aliphatic hydroxyl groups is 1. The lowest BCUT2D eigenvalue weighted by molar-refractivity contribution is -0.169. The predicted octanol–water partition coefficient (Wildman–Crippen LogP) is 1.21. The molecule has 0 radical (unpaired) electrons. The molecular formula is C12H19NO3S. The van der Waals surface area contributed by atoms with Crippen molar-refractivity contribution in [1.82, 2.24) is 4.90 Å². The number of ether oxygens (including phenoxy) is 1. The first-order chi connectivity index (χ1) is 7.91. The van der Waals surface area contributed by atoms with Crippen LogP contribution in [0.15, 0.2) is 11.0 Å². The number of β-lactam (4-membered cyclic amide) rings is 1. The average Bonchev–Trinajstić information content (AvgIpc) is 2.26. The SMILES string of the molecule is CO[C@H]1C(=O)N2C1SC=C(CO)C2C(C)(C)C. The fourth-order valence-electron chi connectivity index (χ4n) is 2.58. The van der Waals surface area contributed by atoms with E-state index in [2.05, 4.69) is 20.8 Å². The molecule has 0 aromatic heterocycles. The van der Waals surface area contributed by atoms with Crippen LogP contribution >= 0.6 is 11.8 Å². The molecule has 0 spiro atoms. The molecule has 17 heavy (non-hydrogen) atoms. The molecule has 1 amide bonds. The normalized spacial score (nSPS) is 33.0. The van der Waals surface area contributed by atoms with E-state index in [-0.39, 0.29) is 35.4 Å². The third kappa shape index (κ3) is 1.90. The quantitative estimate of drug-likeness (QED) is 0.755. The Bertz CT molecular complexity index is 361. The molecule has 96 valence electrons. The van der Waals surface area contributed by atoms with E-state index < -0.39 is 0 Å². The number of thioether (sulfide) groups is 1. The lowest BCUT2D eigenvalue weighted by Gasteiger charge is -2.55. The highest BCUT2D eigenvalue weighted by molar-refractivity contribution is 8.02. The third-order valence-electron chi connectivity index (χ3n) is 3.28. The number of rotatable bonds is 2. The minimum Gasteiger partial charge on any atom is -0.392 e. The molecule has 3 atom stereocenters. The average molecular weight is 257 g/mol. The Morgan fingerprint density at radius 2 is 2.18 bits per heavy atom. The minimum absolute atomic E-state index is 0.00306. The second kappa shape index (κ2) is 4.30. The third-order valence-corrected chi connectivity index (χ3v) is 4.47. The van der Waals surface area contributed by atoms with Gasteiger partial charge in [-0.15, -0.1) is 11.8 Å². The Morgan fingerprint density at radius 3 is 2.65 bits per heavy atom. The van der Waals surface area contributed by atoms with E-state index in [0.717, 1.165) is 5.57 Å². The zero-order valence-corrected chi connectivity index (χ0v) is 11.5. The number of hydrogen-bond donors (Lipinski definition) is 1. The molecule has 0 bridgehead atoms. The lowest BCUT2D eigenvalue weighted by Crippen LogP contribution is -2.70. The molecule has 0 aromatic rings. The molecule has 2 heterocycles. The molecule has 0 saturated carbocycles. The van der Waals surface area contributed by atoms with Gasteiger partial charge in [0, 0.05) is 7.11 Å². The summed E-state index contributed by atoms with van der Waals surface area (Å²) in [5.74, 6) is 0.0315. The Balaban J connectivity index is 2.31. The van der Waals surface area contributed by atoms with Crippen molar-refractivity contribution in [3.8, 4) is 0 Å². The van der Waals surface area contributed by atoms with E-state index in [4.69, 9.17) is 4.74 Å². The largest absolute Gasteiger partial charge is 0.392 e. The summed E-state index contributed by atoms with van der Waals surface area (Å²) in [6.07, 6.45) is -0.332. The molecule has 0 aliphatic carbocycles. The summed E-state index contributed by atoms with van der Waals surface area (Å²) < 4.78 is 5.19. The van der Waals surface area contributed by atoms with Crippen LogP contribution in [0.4, 0.5) is 0 Å². The molecule has 2 rings (SSSR count). The van der Waals surface area contributed by atoms with Crippen molar-refractivity contribution in [2.24, 2.45) is 5.41 Å². The number of carbonyl (C=O) groups excluding carboxylic acids is 1. The summed E-state index contributed by atoms with van der Waals surface area (Å²) in [5, 5.41) is 11.5. The smallest absolute Gasteiger partial charge is 0.256 e. The van der Waals surface area contributed by atoms with Gasteiger partial charge in [-0.3, -0.25) is 4.79 Å². The summed E-state index contributed by atoms with van der Waals surface area (Å²) in [4.78, 5) is 13.9. The first-order valence-corrected chi connectivity index (χ1v) is 6.66. The number of carbonyl (C=O) groups is 1. The zero-order chi connectivity index (χ0) is 12.8. The predicted molar refractivity (Wildman–Crippen MR) is 67.4 cm³/mol. The molecule has 1 fully saturated rings. The van der Waals surface area contributed by atoms with Crippen LogP contribution in [0, 0.1) is 5.41 Å². The van der Waals surface area contributed by atoms with Gasteiger partial charge in [0.25, 0.3) is 5.91 Å². The van der Waals surface area contributed by atoms with Crippen molar-refractivity contribution in [1.29, 1.82) is 0 Å². The molecule has 5 heteroatoms. The van der Waals surface area contributed by atoms with Crippen molar-refractivity contribution < 1.29 is 14.6 Å². The van der Waals surface area contributed by atoms with Crippen molar-refractivity contribution in [2.75, 3.05) is 13.7 Å². The van der Waals surface area contributed by atoms with Gasteiger partial charge in [-0.1, -0.05) is 20.8 Å². The number of aliphatic hydroxyl groups excluding tert-OH is 1. The summed E-state index contributed by atoms with van der Waals surface area (Å²) in [6.45, 7) is 6.26. The first-order valence-electron chi connectivity index (χ1n) is 5.72. The second-order valence-electron chi connectivity index (χ2n) is 5.55. The Hall–Kier alpha value is -0.520. The van der Waals surface area contributed by atoms with Gasteiger partial charge < -0.3 is 14.7 Å². The Morgan fingerprint density at radius 1 is 1.53 bits per heavy atom. The maximum Gasteiger partial charge on any atom is 0.256 e. The summed E-state index contributed by atoms with van der Waals surface area (Å²) >= 11 is 1.56. The number of amides is 1. The first kappa shape index (κ1) is 12.9. The minimum atomic E-state index is -0.332. The van der Waals surface area contributed by atoms with Crippen LogP contribution in [-0.4, -0.2) is 47.1 Å². The van der Waals surface area contributed by atoms with Gasteiger partial charge in [-0.05, 0) is 16.4 Å². The molecule has 2 aliphatic heterocycles. The molecule has 4 nitrogen and oxygen atoms in total. The van der Waals surface area contributed by atoms with Gasteiger partial charge in [-0.25, -0.2) is 0 Å². The van der Waals surface area contributed by atoms with E-state index >= 15 is 0 Å². The highest BCUT2D eigenvalue weighted by Crippen LogP contribution is 2.45. The molecule has 0 aromatic carbocycles. The van der Waals surface area contributed by atoms with Crippen molar-refractivity contribution >= 4 is 17.7 Å². The van der Waals surface area contributed by atoms with Crippen molar-refractivity contribution in [2.45, 2.75) is 38.3 Å². The van der Waals surface area contributed by atoms with Gasteiger partial charge in [-0.2, -0.15) is 0 Å². The van der Waals surface area contributed by atoms with Crippen molar-refractivity contribution in [3.05, 3.63) is 11.0 Å². The Kier molecular flexibility index (Phi) is 3.27.